The Bertz CT molecular complexity index is 1330. The number of methoxy groups -OCH3 is 3. The standard InChI is InChI=1S/C28H26ClFN2O4/c1-34-23-13-16(14-24(35-2)28(23)36-3)15-11-21-26(22(33)12-15)27(25-17(29)7-6-8-18(25)30)32-20-10-5-4-9-19(20)31-21/h4-10,13-15,27,31-32H,11-12H2,1-3H3/t15-,27+/m1/s1. The van der Waals surface area contributed by atoms with Crippen LogP contribution in [0.3, 0.4) is 0 Å². The highest BCUT2D eigenvalue weighted by Gasteiger charge is 2.38. The lowest BCUT2D eigenvalue weighted by Crippen LogP contribution is -2.27. The molecule has 1 aliphatic carbocycles. The van der Waals surface area contributed by atoms with Gasteiger partial charge in [0.15, 0.2) is 17.3 Å². The SMILES string of the molecule is COc1cc([C@H]2CC(=O)C3=C(C2)Nc2ccccc2N[C@H]3c2c(F)cccc2Cl)cc(OC)c1OC. The number of fused-ring (bicyclic) bond motifs is 1. The molecule has 186 valence electrons. The summed E-state index contributed by atoms with van der Waals surface area (Å²) in [6.07, 6.45) is 0.762. The van der Waals surface area contributed by atoms with Crippen molar-refractivity contribution < 1.29 is 23.4 Å². The largest absolute Gasteiger partial charge is 0.493 e. The average Bonchev–Trinajstić information content (AvgIpc) is 3.04. The summed E-state index contributed by atoms with van der Waals surface area (Å²) in [6, 6.07) is 15.2. The monoisotopic (exact) mass is 508 g/mol. The van der Waals surface area contributed by atoms with Crippen molar-refractivity contribution in [3.63, 3.8) is 0 Å². The Labute approximate surface area is 214 Å². The van der Waals surface area contributed by atoms with Crippen molar-refractivity contribution in [1.29, 1.82) is 0 Å². The molecule has 2 N–H and O–H groups in total. The summed E-state index contributed by atoms with van der Waals surface area (Å²) in [5.41, 5.74) is 3.92. The number of benzene rings is 3. The molecule has 0 saturated carbocycles. The lowest BCUT2D eigenvalue weighted by atomic mass is 9.78. The summed E-state index contributed by atoms with van der Waals surface area (Å²) in [5.74, 6) is 0.829. The van der Waals surface area contributed by atoms with E-state index in [9.17, 15) is 4.79 Å². The highest BCUT2D eigenvalue weighted by atomic mass is 35.5. The molecule has 0 saturated heterocycles. The van der Waals surface area contributed by atoms with E-state index in [4.69, 9.17) is 25.8 Å². The first-order valence-electron chi connectivity index (χ1n) is 11.6. The Kier molecular flexibility index (Phi) is 6.49. The molecule has 8 heteroatoms. The maximum atomic E-state index is 15.1. The number of allylic oxidation sites excluding steroid dienone is 1. The number of rotatable bonds is 5. The van der Waals surface area contributed by atoms with Crippen molar-refractivity contribution in [3.05, 3.63) is 87.8 Å². The highest BCUT2D eigenvalue weighted by molar-refractivity contribution is 6.31. The predicted molar refractivity (Wildman–Crippen MR) is 138 cm³/mol. The van der Waals surface area contributed by atoms with Gasteiger partial charge in [0.2, 0.25) is 5.75 Å². The number of carbonyl (C=O) groups is 1. The molecule has 1 aliphatic heterocycles. The van der Waals surface area contributed by atoms with Crippen LogP contribution in [0.2, 0.25) is 5.02 Å². The van der Waals surface area contributed by atoms with Gasteiger partial charge in [0.25, 0.3) is 0 Å². The van der Waals surface area contributed by atoms with Gasteiger partial charge in [-0.2, -0.15) is 0 Å². The zero-order chi connectivity index (χ0) is 25.4. The third kappa shape index (κ3) is 4.13. The molecule has 6 nitrogen and oxygen atoms in total. The van der Waals surface area contributed by atoms with Crippen molar-refractivity contribution >= 4 is 28.8 Å². The van der Waals surface area contributed by atoms with Crippen molar-refractivity contribution in [3.8, 4) is 17.2 Å². The highest BCUT2D eigenvalue weighted by Crippen LogP contribution is 2.48. The van der Waals surface area contributed by atoms with E-state index in [1.165, 1.54) is 6.07 Å². The molecule has 0 aromatic heterocycles. The van der Waals surface area contributed by atoms with E-state index in [-0.39, 0.29) is 28.7 Å². The number of carbonyl (C=O) groups excluding carboxylic acids is 1. The first-order chi connectivity index (χ1) is 17.4. The van der Waals surface area contributed by atoms with E-state index in [0.717, 1.165) is 22.6 Å². The average molecular weight is 509 g/mol. The first-order valence-corrected chi connectivity index (χ1v) is 12.0. The van der Waals surface area contributed by atoms with Crippen LogP contribution < -0.4 is 24.8 Å². The van der Waals surface area contributed by atoms with Crippen LogP contribution in [0.15, 0.2) is 65.9 Å². The predicted octanol–water partition coefficient (Wildman–Crippen LogP) is 6.48. The van der Waals surface area contributed by atoms with E-state index in [2.05, 4.69) is 10.6 Å². The molecule has 0 spiro atoms. The molecule has 0 amide bonds. The van der Waals surface area contributed by atoms with Crippen LogP contribution in [0, 0.1) is 5.82 Å². The van der Waals surface area contributed by atoms with Gasteiger partial charge in [-0.1, -0.05) is 29.8 Å². The Hall–Kier alpha value is -3.71. The number of ether oxygens (including phenoxy) is 3. The second-order valence-electron chi connectivity index (χ2n) is 8.76. The molecule has 2 atom stereocenters. The quantitative estimate of drug-likeness (QED) is 0.411. The Morgan fingerprint density at radius 3 is 2.25 bits per heavy atom. The minimum absolute atomic E-state index is 0.0906. The molecule has 3 aromatic rings. The molecule has 0 radical (unpaired) electrons. The van der Waals surface area contributed by atoms with Gasteiger partial charge in [-0.15, -0.1) is 0 Å². The van der Waals surface area contributed by atoms with Crippen LogP contribution in [-0.4, -0.2) is 27.1 Å². The molecular weight excluding hydrogens is 483 g/mol. The van der Waals surface area contributed by atoms with Crippen molar-refractivity contribution in [2.24, 2.45) is 0 Å². The molecule has 0 unspecified atom stereocenters. The molecule has 1 heterocycles. The Balaban J connectivity index is 1.63. The molecule has 5 rings (SSSR count). The number of Topliss-reactive ketones (excluding diaryl/α,β-unsaturated/α-hetero) is 1. The molecule has 0 bridgehead atoms. The lowest BCUT2D eigenvalue weighted by Gasteiger charge is -2.30. The topological polar surface area (TPSA) is 68.8 Å². The Morgan fingerprint density at radius 2 is 1.61 bits per heavy atom. The van der Waals surface area contributed by atoms with E-state index in [1.807, 2.05) is 36.4 Å². The van der Waals surface area contributed by atoms with Gasteiger partial charge in [-0.05, 0) is 54.3 Å². The number of hydrogen-bond donors (Lipinski definition) is 2. The Morgan fingerprint density at radius 1 is 0.917 bits per heavy atom. The normalized spacial score (nSPS) is 18.9. The van der Waals surface area contributed by atoms with E-state index in [1.54, 1.807) is 33.5 Å². The van der Waals surface area contributed by atoms with Gasteiger partial charge in [0.05, 0.1) is 38.7 Å². The van der Waals surface area contributed by atoms with E-state index in [0.29, 0.717) is 29.2 Å². The minimum Gasteiger partial charge on any atom is -0.493 e. The third-order valence-electron chi connectivity index (χ3n) is 6.76. The number of para-hydroxylation sites is 2. The van der Waals surface area contributed by atoms with Gasteiger partial charge in [-0.3, -0.25) is 4.79 Å². The summed E-state index contributed by atoms with van der Waals surface area (Å²) in [5, 5.41) is 7.09. The summed E-state index contributed by atoms with van der Waals surface area (Å²) >= 11 is 6.47. The number of hydrogen-bond acceptors (Lipinski definition) is 6. The smallest absolute Gasteiger partial charge is 0.203 e. The van der Waals surface area contributed by atoms with Gasteiger partial charge < -0.3 is 24.8 Å². The molecule has 0 fully saturated rings. The van der Waals surface area contributed by atoms with Crippen LogP contribution in [0.1, 0.15) is 35.9 Å². The first kappa shape index (κ1) is 24.0. The molecular formula is C28H26ClFN2O4. The van der Waals surface area contributed by atoms with Crippen molar-refractivity contribution in [1.82, 2.24) is 0 Å². The zero-order valence-corrected chi connectivity index (χ0v) is 20.9. The third-order valence-corrected chi connectivity index (χ3v) is 7.09. The summed E-state index contributed by atoms with van der Waals surface area (Å²) in [6.45, 7) is 0. The maximum Gasteiger partial charge on any atom is 0.203 e. The molecule has 36 heavy (non-hydrogen) atoms. The molecule has 3 aromatic carbocycles. The van der Waals surface area contributed by atoms with Crippen molar-refractivity contribution in [2.45, 2.75) is 24.8 Å². The number of halogens is 2. The fraction of sp³-hybridized carbons (Fsp3) is 0.250. The lowest BCUT2D eigenvalue weighted by molar-refractivity contribution is -0.116. The number of nitrogens with one attached hydrogen (secondary N) is 2. The van der Waals surface area contributed by atoms with Gasteiger partial charge in [-0.25, -0.2) is 4.39 Å². The van der Waals surface area contributed by atoms with Gasteiger partial charge in [0.1, 0.15) is 5.82 Å². The van der Waals surface area contributed by atoms with Crippen LogP contribution in [0.5, 0.6) is 17.2 Å². The summed E-state index contributed by atoms with van der Waals surface area (Å²) in [4.78, 5) is 13.8. The van der Waals surface area contributed by atoms with Crippen LogP contribution in [-0.2, 0) is 4.79 Å². The van der Waals surface area contributed by atoms with Crippen LogP contribution in [0.25, 0.3) is 0 Å². The summed E-state index contributed by atoms with van der Waals surface area (Å²) < 4.78 is 31.6. The zero-order valence-electron chi connectivity index (χ0n) is 20.2. The fourth-order valence-corrected chi connectivity index (χ4v) is 5.34. The number of anilines is 2. The second kappa shape index (κ2) is 9.74. The fourth-order valence-electron chi connectivity index (χ4n) is 5.07. The van der Waals surface area contributed by atoms with Crippen LogP contribution >= 0.6 is 11.6 Å². The van der Waals surface area contributed by atoms with E-state index >= 15 is 4.39 Å². The molecule has 2 aliphatic rings. The summed E-state index contributed by atoms with van der Waals surface area (Å²) in [7, 11) is 4.67. The number of ketones is 1. The van der Waals surface area contributed by atoms with Gasteiger partial charge >= 0.3 is 0 Å². The minimum atomic E-state index is -0.738. The maximum absolute atomic E-state index is 15.1. The second-order valence-corrected chi connectivity index (χ2v) is 9.17. The van der Waals surface area contributed by atoms with Crippen LogP contribution in [0.4, 0.5) is 15.8 Å². The van der Waals surface area contributed by atoms with Crippen molar-refractivity contribution in [2.75, 3.05) is 32.0 Å². The van der Waals surface area contributed by atoms with E-state index < -0.39 is 11.9 Å². The van der Waals surface area contributed by atoms with Gasteiger partial charge in [0, 0.05) is 28.3 Å².